The van der Waals surface area contributed by atoms with Gasteiger partial charge in [-0.05, 0) is 31.4 Å². The van der Waals surface area contributed by atoms with E-state index in [0.717, 1.165) is 16.9 Å². The first-order valence-corrected chi connectivity index (χ1v) is 8.26. The van der Waals surface area contributed by atoms with Crippen LogP contribution < -0.4 is 10.6 Å². The van der Waals surface area contributed by atoms with Crippen LogP contribution in [0.2, 0.25) is 0 Å². The Morgan fingerprint density at radius 1 is 1.26 bits per heavy atom. The molecule has 4 nitrogen and oxygen atoms in total. The quantitative estimate of drug-likeness (QED) is 0.866. The van der Waals surface area contributed by atoms with E-state index >= 15 is 0 Å². The molecule has 1 saturated carbocycles. The number of thioether (sulfide) groups is 1. The summed E-state index contributed by atoms with van der Waals surface area (Å²) in [5.41, 5.74) is 1.19. The van der Waals surface area contributed by atoms with Gasteiger partial charge in [0.1, 0.15) is 18.0 Å². The van der Waals surface area contributed by atoms with E-state index in [-0.39, 0.29) is 0 Å². The Morgan fingerprint density at radius 2 is 2.00 bits per heavy atom. The Balaban J connectivity index is 2.16. The highest BCUT2D eigenvalue weighted by Crippen LogP contribution is 2.33. The zero-order chi connectivity index (χ0) is 13.8. The van der Waals surface area contributed by atoms with Gasteiger partial charge in [-0.15, -0.1) is 0 Å². The molecule has 2 unspecified atom stereocenters. The molecule has 0 aromatic carbocycles. The average molecular weight is 280 g/mol. The molecule has 2 atom stereocenters. The predicted octanol–water partition coefficient (Wildman–Crippen LogP) is 3.34. The van der Waals surface area contributed by atoms with Crippen LogP contribution in [0.4, 0.5) is 11.6 Å². The summed E-state index contributed by atoms with van der Waals surface area (Å²) in [5, 5.41) is 7.59. The van der Waals surface area contributed by atoms with Crippen LogP contribution in [-0.4, -0.2) is 34.6 Å². The molecule has 0 spiro atoms. The van der Waals surface area contributed by atoms with Crippen molar-refractivity contribution in [3.05, 3.63) is 11.9 Å². The van der Waals surface area contributed by atoms with Crippen LogP contribution in [0, 0.1) is 0 Å². The third-order valence-electron chi connectivity index (χ3n) is 3.76. The van der Waals surface area contributed by atoms with Crippen LogP contribution in [0.5, 0.6) is 0 Å². The Labute approximate surface area is 120 Å². The molecule has 1 aromatic rings. The lowest BCUT2D eigenvalue weighted by Gasteiger charge is -2.20. The SMILES string of the molecule is CNc1ncnc(NC2CCC(SC)C2)c1C(C)C. The summed E-state index contributed by atoms with van der Waals surface area (Å²) in [5.74, 6) is 2.34. The van der Waals surface area contributed by atoms with Crippen LogP contribution >= 0.6 is 11.8 Å². The molecule has 0 radical (unpaired) electrons. The second-order valence-electron chi connectivity index (χ2n) is 5.40. The molecule has 1 heterocycles. The normalized spacial score (nSPS) is 22.8. The summed E-state index contributed by atoms with van der Waals surface area (Å²) >= 11 is 1.98. The molecule has 0 amide bonds. The summed E-state index contributed by atoms with van der Waals surface area (Å²) in [6.07, 6.45) is 7.62. The van der Waals surface area contributed by atoms with Gasteiger partial charge in [0.05, 0.1) is 0 Å². The maximum Gasteiger partial charge on any atom is 0.135 e. The molecule has 2 N–H and O–H groups in total. The molecule has 1 fully saturated rings. The van der Waals surface area contributed by atoms with Gasteiger partial charge >= 0.3 is 0 Å². The molecule has 0 aliphatic heterocycles. The lowest BCUT2D eigenvalue weighted by Crippen LogP contribution is -2.19. The summed E-state index contributed by atoms with van der Waals surface area (Å²) in [4.78, 5) is 8.77. The Kier molecular flexibility index (Phi) is 4.91. The third kappa shape index (κ3) is 3.32. The highest BCUT2D eigenvalue weighted by atomic mass is 32.2. The van der Waals surface area contributed by atoms with Crippen molar-refractivity contribution in [2.24, 2.45) is 0 Å². The van der Waals surface area contributed by atoms with E-state index in [9.17, 15) is 0 Å². The largest absolute Gasteiger partial charge is 0.373 e. The van der Waals surface area contributed by atoms with Gasteiger partial charge in [-0.1, -0.05) is 13.8 Å². The standard InChI is InChI=1S/C14H24N4S/c1-9(2)12-13(15-3)16-8-17-14(12)18-10-5-6-11(7-10)19-4/h8-11H,5-7H2,1-4H3,(H2,15,16,17,18). The minimum absolute atomic E-state index is 0.406. The summed E-state index contributed by atoms with van der Waals surface area (Å²) < 4.78 is 0. The molecule has 1 aliphatic carbocycles. The van der Waals surface area contributed by atoms with Gasteiger partial charge in [-0.25, -0.2) is 9.97 Å². The smallest absolute Gasteiger partial charge is 0.135 e. The highest BCUT2D eigenvalue weighted by Gasteiger charge is 2.25. The van der Waals surface area contributed by atoms with Crippen LogP contribution in [0.25, 0.3) is 0 Å². The van der Waals surface area contributed by atoms with Crippen molar-refractivity contribution in [1.82, 2.24) is 9.97 Å². The summed E-state index contributed by atoms with van der Waals surface area (Å²) in [6, 6.07) is 0.551. The fourth-order valence-electron chi connectivity index (χ4n) is 2.74. The van der Waals surface area contributed by atoms with E-state index in [1.807, 2.05) is 18.8 Å². The van der Waals surface area contributed by atoms with E-state index in [0.29, 0.717) is 12.0 Å². The Morgan fingerprint density at radius 3 is 2.58 bits per heavy atom. The van der Waals surface area contributed by atoms with Crippen molar-refractivity contribution < 1.29 is 0 Å². The van der Waals surface area contributed by atoms with E-state index in [4.69, 9.17) is 0 Å². The number of rotatable bonds is 5. The molecular weight excluding hydrogens is 256 g/mol. The molecule has 1 aliphatic rings. The lowest BCUT2D eigenvalue weighted by atomic mass is 10.0. The first kappa shape index (κ1) is 14.4. The molecular formula is C14H24N4S. The van der Waals surface area contributed by atoms with E-state index in [1.165, 1.54) is 24.8 Å². The van der Waals surface area contributed by atoms with Gasteiger partial charge in [0, 0.05) is 23.9 Å². The van der Waals surface area contributed by atoms with Crippen LogP contribution in [0.3, 0.4) is 0 Å². The first-order chi connectivity index (χ1) is 9.15. The van der Waals surface area contributed by atoms with E-state index in [2.05, 4.69) is 40.7 Å². The average Bonchev–Trinajstić information content (AvgIpc) is 2.85. The molecule has 1 aromatic heterocycles. The lowest BCUT2D eigenvalue weighted by molar-refractivity contribution is 0.742. The van der Waals surface area contributed by atoms with Gasteiger partial charge in [-0.3, -0.25) is 0 Å². The molecule has 5 heteroatoms. The van der Waals surface area contributed by atoms with Crippen molar-refractivity contribution in [3.63, 3.8) is 0 Å². The first-order valence-electron chi connectivity index (χ1n) is 6.97. The fraction of sp³-hybridized carbons (Fsp3) is 0.714. The monoisotopic (exact) mass is 280 g/mol. The topological polar surface area (TPSA) is 49.8 Å². The third-order valence-corrected chi connectivity index (χ3v) is 4.85. The zero-order valence-electron chi connectivity index (χ0n) is 12.2. The van der Waals surface area contributed by atoms with Crippen molar-refractivity contribution in [1.29, 1.82) is 0 Å². The number of hydrogen-bond acceptors (Lipinski definition) is 5. The second-order valence-corrected chi connectivity index (χ2v) is 6.54. The Bertz CT molecular complexity index is 422. The van der Waals surface area contributed by atoms with Gasteiger partial charge in [0.15, 0.2) is 0 Å². The zero-order valence-corrected chi connectivity index (χ0v) is 13.0. The highest BCUT2D eigenvalue weighted by molar-refractivity contribution is 7.99. The number of hydrogen-bond donors (Lipinski definition) is 2. The van der Waals surface area contributed by atoms with E-state index < -0.39 is 0 Å². The summed E-state index contributed by atoms with van der Waals surface area (Å²) in [7, 11) is 1.91. The minimum atomic E-state index is 0.406. The van der Waals surface area contributed by atoms with Crippen molar-refractivity contribution in [2.75, 3.05) is 23.9 Å². The number of nitrogens with one attached hydrogen (secondary N) is 2. The predicted molar refractivity (Wildman–Crippen MR) is 84.2 cm³/mol. The molecule has 0 saturated heterocycles. The molecule has 19 heavy (non-hydrogen) atoms. The fourth-order valence-corrected chi connectivity index (χ4v) is 3.53. The molecule has 0 bridgehead atoms. The van der Waals surface area contributed by atoms with Gasteiger partial charge < -0.3 is 10.6 Å². The molecule has 2 rings (SSSR count). The number of nitrogens with zero attached hydrogens (tertiary/aromatic N) is 2. The summed E-state index contributed by atoms with van der Waals surface area (Å²) in [6.45, 7) is 4.37. The van der Waals surface area contributed by atoms with Gasteiger partial charge in [-0.2, -0.15) is 11.8 Å². The van der Waals surface area contributed by atoms with Crippen molar-refractivity contribution in [2.45, 2.75) is 50.3 Å². The van der Waals surface area contributed by atoms with Gasteiger partial charge in [0.25, 0.3) is 0 Å². The van der Waals surface area contributed by atoms with Crippen molar-refractivity contribution >= 4 is 23.4 Å². The van der Waals surface area contributed by atoms with Crippen LogP contribution in [0.15, 0.2) is 6.33 Å². The van der Waals surface area contributed by atoms with Crippen LogP contribution in [-0.2, 0) is 0 Å². The molecule has 106 valence electrons. The maximum atomic E-state index is 4.45. The van der Waals surface area contributed by atoms with Gasteiger partial charge in [0.2, 0.25) is 0 Å². The maximum absolute atomic E-state index is 4.45. The van der Waals surface area contributed by atoms with Crippen molar-refractivity contribution in [3.8, 4) is 0 Å². The van der Waals surface area contributed by atoms with E-state index in [1.54, 1.807) is 6.33 Å². The minimum Gasteiger partial charge on any atom is -0.373 e. The second kappa shape index (κ2) is 6.46. The van der Waals surface area contributed by atoms with Crippen LogP contribution in [0.1, 0.15) is 44.6 Å². The number of anilines is 2. The Hall–Kier alpha value is -0.970. The number of aromatic nitrogens is 2.